The first kappa shape index (κ1) is 24.0. The lowest BCUT2D eigenvalue weighted by atomic mass is 9.83. The first-order valence-electron chi connectivity index (χ1n) is 14.9. The quantitative estimate of drug-likeness (QED) is 0.213. The Labute approximate surface area is 252 Å². The fraction of sp³-hybridized carbons (Fsp3) is 0. The lowest BCUT2D eigenvalue weighted by Gasteiger charge is -2.27. The van der Waals surface area contributed by atoms with Crippen LogP contribution in [0.1, 0.15) is 0 Å². The minimum atomic E-state index is 1.13. The standard InChI is InChI=1S/C42H27N/c1-3-11-28(12-4-1)29-21-23-31(24-22-29)43(30-13-5-2-6-14-30)32-25-26-39-40(27-32)38-20-10-19-36-37-18-9-17-35(42(37)39)33-15-7-8-16-34(33)41(36)38/h1-27H. The highest BCUT2D eigenvalue weighted by Crippen LogP contribution is 2.57. The second-order valence-corrected chi connectivity index (χ2v) is 11.3. The molecule has 9 rings (SSSR count). The van der Waals surface area contributed by atoms with Gasteiger partial charge in [0.1, 0.15) is 0 Å². The van der Waals surface area contributed by atoms with Gasteiger partial charge in [-0.1, -0.05) is 127 Å². The molecule has 43 heavy (non-hydrogen) atoms. The number of hydrogen-bond donors (Lipinski definition) is 0. The minimum Gasteiger partial charge on any atom is -0.310 e. The third-order valence-corrected chi connectivity index (χ3v) is 8.97. The lowest BCUT2D eigenvalue weighted by molar-refractivity contribution is 1.28. The van der Waals surface area contributed by atoms with Gasteiger partial charge >= 0.3 is 0 Å². The van der Waals surface area contributed by atoms with Crippen LogP contribution in [0.15, 0.2) is 164 Å². The zero-order valence-electron chi connectivity index (χ0n) is 23.5. The van der Waals surface area contributed by atoms with Crippen molar-refractivity contribution in [2.24, 2.45) is 0 Å². The molecule has 0 aromatic heterocycles. The van der Waals surface area contributed by atoms with E-state index in [1.165, 1.54) is 66.8 Å². The Kier molecular flexibility index (Phi) is 5.27. The Morgan fingerprint density at radius 2 is 0.698 bits per heavy atom. The summed E-state index contributed by atoms with van der Waals surface area (Å²) in [5, 5.41) is 0. The second-order valence-electron chi connectivity index (χ2n) is 11.3. The molecule has 7 aromatic carbocycles. The molecule has 0 atom stereocenters. The van der Waals surface area contributed by atoms with E-state index >= 15 is 0 Å². The van der Waals surface area contributed by atoms with Crippen molar-refractivity contribution in [2.75, 3.05) is 4.90 Å². The molecule has 0 heterocycles. The highest BCUT2D eigenvalue weighted by Gasteiger charge is 2.31. The van der Waals surface area contributed by atoms with Crippen LogP contribution in [0.4, 0.5) is 17.1 Å². The third-order valence-electron chi connectivity index (χ3n) is 8.97. The summed E-state index contributed by atoms with van der Waals surface area (Å²) >= 11 is 0. The summed E-state index contributed by atoms with van der Waals surface area (Å²) < 4.78 is 0. The maximum atomic E-state index is 2.40. The lowest BCUT2D eigenvalue weighted by Crippen LogP contribution is -2.10. The summed E-state index contributed by atoms with van der Waals surface area (Å²) in [6.07, 6.45) is 0. The van der Waals surface area contributed by atoms with Gasteiger partial charge < -0.3 is 4.90 Å². The van der Waals surface area contributed by atoms with Crippen LogP contribution in [-0.2, 0) is 0 Å². The van der Waals surface area contributed by atoms with E-state index < -0.39 is 0 Å². The molecule has 200 valence electrons. The van der Waals surface area contributed by atoms with Crippen LogP contribution in [0, 0.1) is 0 Å². The molecule has 1 nitrogen and oxygen atoms in total. The third kappa shape index (κ3) is 3.65. The zero-order valence-corrected chi connectivity index (χ0v) is 23.5. The van der Waals surface area contributed by atoms with Crippen LogP contribution in [0.3, 0.4) is 0 Å². The molecule has 0 N–H and O–H groups in total. The maximum absolute atomic E-state index is 2.40. The van der Waals surface area contributed by atoms with E-state index in [-0.39, 0.29) is 0 Å². The zero-order chi connectivity index (χ0) is 28.3. The number of nitrogens with zero attached hydrogens (tertiary/aromatic N) is 1. The number of anilines is 3. The predicted molar refractivity (Wildman–Crippen MR) is 181 cm³/mol. The summed E-state index contributed by atoms with van der Waals surface area (Å²) in [5.41, 5.74) is 18.9. The predicted octanol–water partition coefficient (Wildman–Crippen LogP) is 11.8. The van der Waals surface area contributed by atoms with Crippen molar-refractivity contribution < 1.29 is 0 Å². The fourth-order valence-corrected chi connectivity index (χ4v) is 7.09. The molecule has 0 aliphatic heterocycles. The van der Waals surface area contributed by atoms with E-state index in [4.69, 9.17) is 0 Å². The van der Waals surface area contributed by atoms with Gasteiger partial charge in [-0.15, -0.1) is 0 Å². The number of benzene rings is 7. The summed E-state index contributed by atoms with van der Waals surface area (Å²) in [6, 6.07) is 59.7. The van der Waals surface area contributed by atoms with Gasteiger partial charge in [-0.2, -0.15) is 0 Å². The van der Waals surface area contributed by atoms with Crippen LogP contribution >= 0.6 is 0 Å². The van der Waals surface area contributed by atoms with Crippen LogP contribution in [0.2, 0.25) is 0 Å². The van der Waals surface area contributed by atoms with E-state index in [0.717, 1.165) is 17.1 Å². The summed E-state index contributed by atoms with van der Waals surface area (Å²) in [7, 11) is 0. The molecule has 0 fully saturated rings. The molecule has 0 amide bonds. The molecule has 0 saturated heterocycles. The Morgan fingerprint density at radius 3 is 1.37 bits per heavy atom. The Bertz CT molecular complexity index is 2130. The van der Waals surface area contributed by atoms with Gasteiger partial charge in [0.2, 0.25) is 0 Å². The molecule has 2 aliphatic carbocycles. The maximum Gasteiger partial charge on any atom is 0.0468 e. The average molecular weight is 546 g/mol. The van der Waals surface area contributed by atoms with Gasteiger partial charge in [-0.3, -0.25) is 0 Å². The molecule has 6 bridgehead atoms. The van der Waals surface area contributed by atoms with E-state index in [9.17, 15) is 0 Å². The van der Waals surface area contributed by atoms with Gasteiger partial charge in [0.05, 0.1) is 0 Å². The Hall–Kier alpha value is -5.66. The van der Waals surface area contributed by atoms with Crippen LogP contribution in [0.25, 0.3) is 66.8 Å². The molecule has 0 radical (unpaired) electrons. The van der Waals surface area contributed by atoms with Gasteiger partial charge in [0, 0.05) is 17.1 Å². The summed E-state index contributed by atoms with van der Waals surface area (Å²) in [6.45, 7) is 0. The van der Waals surface area contributed by atoms with Crippen molar-refractivity contribution in [1.82, 2.24) is 0 Å². The molecule has 7 aromatic rings. The monoisotopic (exact) mass is 545 g/mol. The Morgan fingerprint density at radius 1 is 0.256 bits per heavy atom. The fourth-order valence-electron chi connectivity index (χ4n) is 7.09. The summed E-state index contributed by atoms with van der Waals surface area (Å²) in [5.74, 6) is 0. The van der Waals surface area contributed by atoms with Crippen molar-refractivity contribution >= 4 is 17.1 Å². The topological polar surface area (TPSA) is 3.24 Å². The largest absolute Gasteiger partial charge is 0.310 e. The van der Waals surface area contributed by atoms with E-state index in [1.54, 1.807) is 0 Å². The van der Waals surface area contributed by atoms with Crippen molar-refractivity contribution in [2.45, 2.75) is 0 Å². The van der Waals surface area contributed by atoms with Crippen LogP contribution in [0.5, 0.6) is 0 Å². The number of rotatable bonds is 4. The Balaban J connectivity index is 1.27. The summed E-state index contributed by atoms with van der Waals surface area (Å²) in [4.78, 5) is 2.37. The van der Waals surface area contributed by atoms with E-state index in [1.807, 2.05) is 0 Å². The first-order chi connectivity index (χ1) is 21.3. The van der Waals surface area contributed by atoms with Gasteiger partial charge in [-0.25, -0.2) is 0 Å². The molecule has 0 saturated carbocycles. The molecule has 1 heteroatoms. The first-order valence-corrected chi connectivity index (χ1v) is 14.9. The second kappa shape index (κ2) is 9.44. The van der Waals surface area contributed by atoms with Crippen LogP contribution in [-0.4, -0.2) is 0 Å². The van der Waals surface area contributed by atoms with Crippen molar-refractivity contribution in [3.63, 3.8) is 0 Å². The van der Waals surface area contributed by atoms with Gasteiger partial charge in [0.15, 0.2) is 0 Å². The molecule has 0 unspecified atom stereocenters. The number of fused-ring (bicyclic) bond motifs is 4. The molecular formula is C42H27N. The van der Waals surface area contributed by atoms with Crippen molar-refractivity contribution in [3.8, 4) is 66.8 Å². The average Bonchev–Trinajstić information content (AvgIpc) is 3.19. The SMILES string of the molecule is c1ccc(-c2ccc(N(c3ccccc3)c3ccc4c(c3)-c3cccc5c3-c3ccccc3-c3cccc-5c3-4)cc2)cc1. The smallest absolute Gasteiger partial charge is 0.0468 e. The van der Waals surface area contributed by atoms with Crippen LogP contribution < -0.4 is 4.90 Å². The highest BCUT2D eigenvalue weighted by atomic mass is 15.1. The van der Waals surface area contributed by atoms with E-state index in [0.29, 0.717) is 0 Å². The molecule has 0 spiro atoms. The van der Waals surface area contributed by atoms with Gasteiger partial charge in [0.25, 0.3) is 0 Å². The molecular weight excluding hydrogens is 518 g/mol. The van der Waals surface area contributed by atoms with Gasteiger partial charge in [-0.05, 0) is 103 Å². The normalized spacial score (nSPS) is 11.7. The number of para-hydroxylation sites is 1. The minimum absolute atomic E-state index is 1.13. The van der Waals surface area contributed by atoms with E-state index in [2.05, 4.69) is 169 Å². The number of hydrogen-bond acceptors (Lipinski definition) is 1. The molecule has 2 aliphatic rings. The van der Waals surface area contributed by atoms with Crippen molar-refractivity contribution in [1.29, 1.82) is 0 Å². The highest BCUT2D eigenvalue weighted by molar-refractivity contribution is 6.15. The van der Waals surface area contributed by atoms with Crippen molar-refractivity contribution in [3.05, 3.63) is 164 Å².